The highest BCUT2D eigenvalue weighted by Gasteiger charge is 2.24. The van der Waals surface area contributed by atoms with Crippen molar-refractivity contribution in [1.82, 2.24) is 15.1 Å². The fourth-order valence-electron chi connectivity index (χ4n) is 3.33. The Balaban J connectivity index is 1.56. The van der Waals surface area contributed by atoms with Crippen molar-refractivity contribution in [1.29, 1.82) is 0 Å². The summed E-state index contributed by atoms with van der Waals surface area (Å²) in [6.07, 6.45) is -0.811. The predicted octanol–water partition coefficient (Wildman–Crippen LogP) is 4.85. The maximum absolute atomic E-state index is 13.3. The minimum atomic E-state index is -2.81. The number of anilines is 1. The van der Waals surface area contributed by atoms with Crippen LogP contribution in [0.3, 0.4) is 0 Å². The lowest BCUT2D eigenvalue weighted by atomic mass is 10.1. The molecule has 2 heterocycles. The van der Waals surface area contributed by atoms with E-state index in [9.17, 15) is 13.6 Å². The number of urea groups is 1. The quantitative estimate of drug-likeness (QED) is 0.490. The molecule has 1 fully saturated rings. The Labute approximate surface area is 188 Å². The summed E-state index contributed by atoms with van der Waals surface area (Å²) in [6, 6.07) is 14.8. The number of morpholine rings is 1. The van der Waals surface area contributed by atoms with Crippen LogP contribution in [0, 0.1) is 0 Å². The number of ether oxygens (including phenoxy) is 1. The first-order valence-corrected chi connectivity index (χ1v) is 11.3. The van der Waals surface area contributed by atoms with Crippen molar-refractivity contribution in [3.8, 4) is 11.5 Å². The molecule has 2 amide bonds. The van der Waals surface area contributed by atoms with Crippen molar-refractivity contribution >= 4 is 23.5 Å². The largest absolute Gasteiger partial charge is 0.415 e. The molecule has 0 aliphatic carbocycles. The van der Waals surface area contributed by atoms with Gasteiger partial charge in [0.1, 0.15) is 0 Å². The molecule has 0 bridgehead atoms. The molecular formula is C22H22F2N4O3S. The van der Waals surface area contributed by atoms with Gasteiger partial charge in [0.15, 0.2) is 0 Å². The summed E-state index contributed by atoms with van der Waals surface area (Å²) in [5.41, 5.74) is 2.20. The SMILES string of the molecule is CSc1ccc(N(Cc2ccc(-c3nnc(C(F)F)o3)cc2)C(=O)N2CCOCC2)cc1. The van der Waals surface area contributed by atoms with Gasteiger partial charge in [-0.1, -0.05) is 12.1 Å². The number of thioether (sulfide) groups is 1. The Kier molecular flexibility index (Phi) is 7.01. The molecule has 10 heteroatoms. The van der Waals surface area contributed by atoms with E-state index in [-0.39, 0.29) is 11.9 Å². The molecule has 0 unspecified atom stereocenters. The summed E-state index contributed by atoms with van der Waals surface area (Å²) >= 11 is 1.64. The molecule has 168 valence electrons. The number of alkyl halides is 2. The number of benzene rings is 2. The molecule has 3 aromatic rings. The normalized spacial score (nSPS) is 14.1. The molecule has 32 heavy (non-hydrogen) atoms. The first kappa shape index (κ1) is 22.2. The number of carbonyl (C=O) groups is 1. The summed E-state index contributed by atoms with van der Waals surface area (Å²) in [5, 5.41) is 7.02. The third-order valence-electron chi connectivity index (χ3n) is 5.07. The van der Waals surface area contributed by atoms with Crippen LogP contribution >= 0.6 is 11.8 Å². The van der Waals surface area contributed by atoms with Gasteiger partial charge in [-0.3, -0.25) is 4.90 Å². The van der Waals surface area contributed by atoms with E-state index in [1.54, 1.807) is 33.7 Å². The maximum Gasteiger partial charge on any atom is 0.324 e. The fourth-order valence-corrected chi connectivity index (χ4v) is 3.74. The average Bonchev–Trinajstić information content (AvgIpc) is 3.34. The zero-order valence-electron chi connectivity index (χ0n) is 17.4. The van der Waals surface area contributed by atoms with Crippen LogP contribution < -0.4 is 4.90 Å². The summed E-state index contributed by atoms with van der Waals surface area (Å²) in [4.78, 5) is 17.9. The molecule has 0 saturated carbocycles. The van der Waals surface area contributed by atoms with Gasteiger partial charge in [-0.25, -0.2) is 4.79 Å². The van der Waals surface area contributed by atoms with Gasteiger partial charge in [-0.15, -0.1) is 22.0 Å². The summed E-state index contributed by atoms with van der Waals surface area (Å²) in [6.45, 7) is 2.47. The van der Waals surface area contributed by atoms with Crippen LogP contribution in [0.2, 0.25) is 0 Å². The fraction of sp³-hybridized carbons (Fsp3) is 0.318. The molecule has 7 nitrogen and oxygen atoms in total. The monoisotopic (exact) mass is 460 g/mol. The van der Waals surface area contributed by atoms with Gasteiger partial charge in [-0.05, 0) is 48.2 Å². The number of halogens is 2. The molecular weight excluding hydrogens is 438 g/mol. The van der Waals surface area contributed by atoms with E-state index < -0.39 is 12.3 Å². The highest BCUT2D eigenvalue weighted by molar-refractivity contribution is 7.98. The number of rotatable bonds is 6. The highest BCUT2D eigenvalue weighted by atomic mass is 32.2. The third kappa shape index (κ3) is 5.08. The van der Waals surface area contributed by atoms with Crippen LogP contribution in [0.15, 0.2) is 57.8 Å². The molecule has 1 aromatic heterocycles. The van der Waals surface area contributed by atoms with Crippen LogP contribution in [0.4, 0.5) is 19.3 Å². The van der Waals surface area contributed by atoms with Crippen molar-refractivity contribution < 1.29 is 22.7 Å². The molecule has 0 N–H and O–H groups in total. The second kappa shape index (κ2) is 10.1. The summed E-state index contributed by atoms with van der Waals surface area (Å²) in [5.74, 6) is -0.680. The van der Waals surface area contributed by atoms with Crippen molar-refractivity contribution in [2.45, 2.75) is 17.9 Å². The molecule has 2 aromatic carbocycles. The van der Waals surface area contributed by atoms with E-state index in [4.69, 9.17) is 9.15 Å². The molecule has 4 rings (SSSR count). The summed E-state index contributed by atoms with van der Waals surface area (Å²) in [7, 11) is 0. The Hall–Kier alpha value is -2.98. The highest BCUT2D eigenvalue weighted by Crippen LogP contribution is 2.26. The lowest BCUT2D eigenvalue weighted by Crippen LogP contribution is -2.48. The van der Waals surface area contributed by atoms with Crippen LogP contribution in [-0.4, -0.2) is 53.7 Å². The smallest absolute Gasteiger partial charge is 0.324 e. The average molecular weight is 461 g/mol. The Morgan fingerprint density at radius 3 is 2.38 bits per heavy atom. The Morgan fingerprint density at radius 1 is 1.09 bits per heavy atom. The topological polar surface area (TPSA) is 71.7 Å². The lowest BCUT2D eigenvalue weighted by molar-refractivity contribution is 0.0548. The van der Waals surface area contributed by atoms with Crippen molar-refractivity contribution in [3.05, 3.63) is 60.0 Å². The molecule has 0 spiro atoms. The number of aromatic nitrogens is 2. The molecule has 1 saturated heterocycles. The van der Waals surface area contributed by atoms with Crippen LogP contribution in [0.25, 0.3) is 11.5 Å². The summed E-state index contributed by atoms with van der Waals surface area (Å²) < 4.78 is 35.8. The van der Waals surface area contributed by atoms with Crippen molar-refractivity contribution in [3.63, 3.8) is 0 Å². The number of hydrogen-bond donors (Lipinski definition) is 0. The van der Waals surface area contributed by atoms with Gasteiger partial charge >= 0.3 is 12.5 Å². The van der Waals surface area contributed by atoms with Gasteiger partial charge < -0.3 is 14.1 Å². The first-order valence-electron chi connectivity index (χ1n) is 10.0. The number of carbonyl (C=O) groups excluding carboxylic acids is 1. The van der Waals surface area contributed by atoms with Crippen LogP contribution in [0.5, 0.6) is 0 Å². The van der Waals surface area contributed by atoms with Gasteiger partial charge in [0.25, 0.3) is 5.89 Å². The van der Waals surface area contributed by atoms with E-state index >= 15 is 0 Å². The van der Waals surface area contributed by atoms with E-state index in [2.05, 4.69) is 10.2 Å². The molecule has 0 atom stereocenters. The zero-order valence-corrected chi connectivity index (χ0v) is 18.2. The molecule has 0 radical (unpaired) electrons. The standard InChI is InChI=1S/C22H22F2N4O3S/c1-32-18-8-6-17(7-9-18)28(22(29)27-10-12-30-13-11-27)14-15-2-4-16(5-3-15)20-25-26-21(31-20)19(23)24/h2-9,19H,10-14H2,1H3. The number of hydrogen-bond acceptors (Lipinski definition) is 6. The van der Waals surface area contributed by atoms with Crippen molar-refractivity contribution in [2.75, 3.05) is 37.5 Å². The Bertz CT molecular complexity index is 1040. The number of amides is 2. The molecule has 1 aliphatic rings. The van der Waals surface area contributed by atoms with Crippen LogP contribution in [-0.2, 0) is 11.3 Å². The number of nitrogens with zero attached hydrogens (tertiary/aromatic N) is 4. The Morgan fingerprint density at radius 2 is 1.78 bits per heavy atom. The second-order valence-corrected chi connectivity index (χ2v) is 7.99. The van der Waals surface area contributed by atoms with E-state index in [0.717, 1.165) is 16.1 Å². The molecule has 1 aliphatic heterocycles. The van der Waals surface area contributed by atoms with Gasteiger partial charge in [0, 0.05) is 29.2 Å². The predicted molar refractivity (Wildman–Crippen MR) is 117 cm³/mol. The first-order chi connectivity index (χ1) is 15.5. The van der Waals surface area contributed by atoms with Gasteiger partial charge in [0.2, 0.25) is 5.89 Å². The van der Waals surface area contributed by atoms with E-state index in [0.29, 0.717) is 38.4 Å². The lowest BCUT2D eigenvalue weighted by Gasteiger charge is -2.33. The maximum atomic E-state index is 13.3. The van der Waals surface area contributed by atoms with Gasteiger partial charge in [0.05, 0.1) is 19.8 Å². The van der Waals surface area contributed by atoms with E-state index in [1.807, 2.05) is 42.7 Å². The minimum Gasteiger partial charge on any atom is -0.415 e. The third-order valence-corrected chi connectivity index (χ3v) is 5.81. The zero-order chi connectivity index (χ0) is 22.5. The van der Waals surface area contributed by atoms with Gasteiger partial charge in [-0.2, -0.15) is 8.78 Å². The van der Waals surface area contributed by atoms with Crippen molar-refractivity contribution in [2.24, 2.45) is 0 Å². The minimum absolute atomic E-state index is 0.0285. The second-order valence-electron chi connectivity index (χ2n) is 7.11. The van der Waals surface area contributed by atoms with Crippen LogP contribution in [0.1, 0.15) is 17.9 Å². The van der Waals surface area contributed by atoms with E-state index in [1.165, 1.54) is 0 Å².